The molecule has 1 aliphatic heterocycles. The fourth-order valence-electron chi connectivity index (χ4n) is 2.68. The molecule has 1 atom stereocenters. The monoisotopic (exact) mass is 192 g/mol. The standard InChI is InChI=1S/C12H13FO/c13-11-5-1-4-10-9(11)3-2-6-12(10)7-8-14-12/h1,4-5H,2-3,6-8H2. The summed E-state index contributed by atoms with van der Waals surface area (Å²) < 4.78 is 19.2. The normalized spacial score (nSPS) is 29.8. The van der Waals surface area contributed by atoms with Gasteiger partial charge in [-0.25, -0.2) is 4.39 Å². The molecular formula is C12H13FO. The SMILES string of the molecule is Fc1cccc2c1CCCC21CCO1. The highest BCUT2D eigenvalue weighted by Crippen LogP contribution is 2.46. The van der Waals surface area contributed by atoms with E-state index < -0.39 is 0 Å². The molecule has 1 unspecified atom stereocenters. The van der Waals surface area contributed by atoms with Crippen LogP contribution in [0.4, 0.5) is 4.39 Å². The molecule has 0 radical (unpaired) electrons. The first-order valence-corrected chi connectivity index (χ1v) is 5.24. The van der Waals surface area contributed by atoms with E-state index in [-0.39, 0.29) is 11.4 Å². The number of benzene rings is 1. The topological polar surface area (TPSA) is 9.23 Å². The van der Waals surface area contributed by atoms with Crippen molar-refractivity contribution in [1.29, 1.82) is 0 Å². The van der Waals surface area contributed by atoms with Gasteiger partial charge in [0.1, 0.15) is 5.82 Å². The van der Waals surface area contributed by atoms with E-state index in [1.807, 2.05) is 6.07 Å². The molecule has 0 bridgehead atoms. The van der Waals surface area contributed by atoms with Crippen molar-refractivity contribution in [2.45, 2.75) is 31.3 Å². The number of rotatable bonds is 0. The van der Waals surface area contributed by atoms with Crippen molar-refractivity contribution in [1.82, 2.24) is 0 Å². The van der Waals surface area contributed by atoms with Gasteiger partial charge in [0.15, 0.2) is 0 Å². The van der Waals surface area contributed by atoms with Crippen LogP contribution in [0.3, 0.4) is 0 Å². The van der Waals surface area contributed by atoms with E-state index in [2.05, 4.69) is 0 Å². The summed E-state index contributed by atoms with van der Waals surface area (Å²) in [4.78, 5) is 0. The molecule has 1 nitrogen and oxygen atoms in total. The van der Waals surface area contributed by atoms with Crippen LogP contribution in [0.2, 0.25) is 0 Å². The summed E-state index contributed by atoms with van der Waals surface area (Å²) in [5.74, 6) is -0.0583. The Balaban J connectivity index is 2.15. The van der Waals surface area contributed by atoms with Crippen LogP contribution in [0.15, 0.2) is 18.2 Å². The van der Waals surface area contributed by atoms with Crippen LogP contribution in [0.5, 0.6) is 0 Å². The highest BCUT2D eigenvalue weighted by atomic mass is 19.1. The molecule has 1 heterocycles. The number of ether oxygens (including phenoxy) is 1. The summed E-state index contributed by atoms with van der Waals surface area (Å²) in [5.41, 5.74) is 1.88. The third-order valence-electron chi connectivity index (χ3n) is 3.50. The lowest BCUT2D eigenvalue weighted by molar-refractivity contribution is -0.163. The van der Waals surface area contributed by atoms with Crippen LogP contribution >= 0.6 is 0 Å². The molecule has 1 saturated heterocycles. The van der Waals surface area contributed by atoms with Crippen molar-refractivity contribution in [3.8, 4) is 0 Å². The third kappa shape index (κ3) is 0.976. The predicted molar refractivity (Wildman–Crippen MR) is 51.6 cm³/mol. The van der Waals surface area contributed by atoms with Gasteiger partial charge in [0, 0.05) is 6.42 Å². The van der Waals surface area contributed by atoms with Crippen LogP contribution in [-0.2, 0) is 16.8 Å². The van der Waals surface area contributed by atoms with Gasteiger partial charge in [0.25, 0.3) is 0 Å². The van der Waals surface area contributed by atoms with Crippen LogP contribution in [0.25, 0.3) is 0 Å². The Morgan fingerprint density at radius 1 is 1.29 bits per heavy atom. The van der Waals surface area contributed by atoms with Crippen LogP contribution in [0, 0.1) is 5.82 Å². The Kier molecular flexibility index (Phi) is 1.68. The third-order valence-corrected chi connectivity index (χ3v) is 3.50. The van der Waals surface area contributed by atoms with E-state index in [0.717, 1.165) is 43.4 Å². The fourth-order valence-corrected chi connectivity index (χ4v) is 2.68. The van der Waals surface area contributed by atoms with Crippen LogP contribution in [-0.4, -0.2) is 6.61 Å². The maximum Gasteiger partial charge on any atom is 0.126 e. The van der Waals surface area contributed by atoms with Crippen molar-refractivity contribution in [3.05, 3.63) is 35.1 Å². The first-order chi connectivity index (χ1) is 6.82. The molecule has 2 heteroatoms. The van der Waals surface area contributed by atoms with Crippen molar-refractivity contribution in [3.63, 3.8) is 0 Å². The minimum absolute atomic E-state index is 0.0583. The molecule has 1 aromatic carbocycles. The van der Waals surface area contributed by atoms with Crippen molar-refractivity contribution < 1.29 is 9.13 Å². The Morgan fingerprint density at radius 2 is 2.14 bits per heavy atom. The molecule has 0 N–H and O–H groups in total. The summed E-state index contributed by atoms with van der Waals surface area (Å²) >= 11 is 0. The average Bonchev–Trinajstić information content (AvgIpc) is 2.15. The Morgan fingerprint density at radius 3 is 2.86 bits per heavy atom. The second-order valence-electron chi connectivity index (χ2n) is 4.21. The molecule has 1 spiro atoms. The number of hydrogen-bond donors (Lipinski definition) is 0. The maximum absolute atomic E-state index is 13.5. The summed E-state index contributed by atoms with van der Waals surface area (Å²) in [6.07, 6.45) is 4.04. The first-order valence-electron chi connectivity index (χ1n) is 5.24. The number of fused-ring (bicyclic) bond motifs is 2. The van der Waals surface area contributed by atoms with Gasteiger partial charge in [-0.2, -0.15) is 0 Å². The minimum atomic E-state index is -0.115. The molecule has 0 saturated carbocycles. The molecule has 1 fully saturated rings. The molecule has 1 aliphatic carbocycles. The lowest BCUT2D eigenvalue weighted by atomic mass is 9.74. The van der Waals surface area contributed by atoms with Crippen LogP contribution in [0.1, 0.15) is 30.4 Å². The van der Waals surface area contributed by atoms with E-state index >= 15 is 0 Å². The van der Waals surface area contributed by atoms with Gasteiger partial charge in [0.05, 0.1) is 12.2 Å². The number of halogens is 1. The highest BCUT2D eigenvalue weighted by Gasteiger charge is 2.43. The zero-order valence-electron chi connectivity index (χ0n) is 8.05. The lowest BCUT2D eigenvalue weighted by Gasteiger charge is -2.46. The second-order valence-corrected chi connectivity index (χ2v) is 4.21. The summed E-state index contributed by atoms with van der Waals surface area (Å²) in [7, 11) is 0. The zero-order chi connectivity index (χ0) is 9.60. The maximum atomic E-state index is 13.5. The fraction of sp³-hybridized carbons (Fsp3) is 0.500. The average molecular weight is 192 g/mol. The summed E-state index contributed by atoms with van der Waals surface area (Å²) in [6.45, 7) is 0.829. The van der Waals surface area contributed by atoms with Crippen molar-refractivity contribution in [2.24, 2.45) is 0 Å². The smallest absolute Gasteiger partial charge is 0.126 e. The van der Waals surface area contributed by atoms with Crippen molar-refractivity contribution in [2.75, 3.05) is 6.61 Å². The van der Waals surface area contributed by atoms with Gasteiger partial charge < -0.3 is 4.74 Å². The lowest BCUT2D eigenvalue weighted by Crippen LogP contribution is -2.43. The highest BCUT2D eigenvalue weighted by molar-refractivity contribution is 5.37. The van der Waals surface area contributed by atoms with E-state index in [1.54, 1.807) is 12.1 Å². The molecule has 1 aromatic rings. The van der Waals surface area contributed by atoms with Gasteiger partial charge in [0.2, 0.25) is 0 Å². The molecule has 0 amide bonds. The molecule has 2 aliphatic rings. The summed E-state index contributed by atoms with van der Waals surface area (Å²) in [5, 5.41) is 0. The van der Waals surface area contributed by atoms with E-state index in [0.29, 0.717) is 0 Å². The first kappa shape index (κ1) is 8.42. The molecule has 0 aromatic heterocycles. The Labute approximate surface area is 82.9 Å². The molecule has 3 rings (SSSR count). The molecule has 74 valence electrons. The van der Waals surface area contributed by atoms with Gasteiger partial charge in [-0.15, -0.1) is 0 Å². The Bertz CT molecular complexity index is 369. The Hall–Kier alpha value is -0.890. The number of hydrogen-bond acceptors (Lipinski definition) is 1. The molecular weight excluding hydrogens is 179 g/mol. The molecule has 14 heavy (non-hydrogen) atoms. The quantitative estimate of drug-likeness (QED) is 0.614. The zero-order valence-corrected chi connectivity index (χ0v) is 8.05. The minimum Gasteiger partial charge on any atom is -0.370 e. The van der Waals surface area contributed by atoms with Gasteiger partial charge >= 0.3 is 0 Å². The van der Waals surface area contributed by atoms with Gasteiger partial charge in [-0.1, -0.05) is 12.1 Å². The van der Waals surface area contributed by atoms with Crippen LogP contribution < -0.4 is 0 Å². The van der Waals surface area contributed by atoms with E-state index in [9.17, 15) is 4.39 Å². The largest absolute Gasteiger partial charge is 0.370 e. The van der Waals surface area contributed by atoms with Crippen molar-refractivity contribution >= 4 is 0 Å². The van der Waals surface area contributed by atoms with E-state index in [4.69, 9.17) is 4.74 Å². The van der Waals surface area contributed by atoms with Gasteiger partial charge in [-0.05, 0) is 36.5 Å². The second kappa shape index (κ2) is 2.80. The van der Waals surface area contributed by atoms with Gasteiger partial charge in [-0.3, -0.25) is 0 Å². The predicted octanol–water partition coefficient (Wildman–Crippen LogP) is 2.78. The van der Waals surface area contributed by atoms with E-state index in [1.165, 1.54) is 0 Å². The summed E-state index contributed by atoms with van der Waals surface area (Å²) in [6, 6.07) is 5.37.